The lowest BCUT2D eigenvalue weighted by molar-refractivity contribution is 0.0301. The molecule has 0 aromatic carbocycles. The first-order valence-electron chi connectivity index (χ1n) is 7.06. The minimum absolute atomic E-state index is 0.421. The Morgan fingerprint density at radius 1 is 1.25 bits per heavy atom. The standard InChI is InChI=1S/C14H29NO/c1-4-8-12(2)16-11-14(15-3)13-9-6-5-7-10-13/h12-15H,4-11H2,1-3H3. The van der Waals surface area contributed by atoms with E-state index in [1.54, 1.807) is 0 Å². The molecular formula is C14H29NO. The molecule has 1 aliphatic rings. The molecule has 0 heterocycles. The van der Waals surface area contributed by atoms with Crippen molar-refractivity contribution in [2.24, 2.45) is 5.92 Å². The second-order valence-corrected chi connectivity index (χ2v) is 5.23. The molecule has 1 rings (SSSR count). The maximum absolute atomic E-state index is 5.93. The van der Waals surface area contributed by atoms with Crippen molar-refractivity contribution in [3.05, 3.63) is 0 Å². The van der Waals surface area contributed by atoms with E-state index in [0.717, 1.165) is 12.5 Å². The van der Waals surface area contributed by atoms with Crippen LogP contribution >= 0.6 is 0 Å². The molecule has 2 heteroatoms. The van der Waals surface area contributed by atoms with Crippen LogP contribution in [-0.2, 0) is 4.74 Å². The highest BCUT2D eigenvalue weighted by atomic mass is 16.5. The normalized spacial score (nSPS) is 21.9. The molecule has 0 aromatic rings. The Labute approximate surface area is 101 Å². The van der Waals surface area contributed by atoms with Gasteiger partial charge in [0.15, 0.2) is 0 Å². The summed E-state index contributed by atoms with van der Waals surface area (Å²) in [5.74, 6) is 0.840. The van der Waals surface area contributed by atoms with Gasteiger partial charge in [0.25, 0.3) is 0 Å². The zero-order chi connectivity index (χ0) is 11.8. The third-order valence-corrected chi connectivity index (χ3v) is 3.85. The maximum atomic E-state index is 5.93. The molecule has 2 atom stereocenters. The summed E-state index contributed by atoms with van der Waals surface area (Å²) >= 11 is 0. The van der Waals surface area contributed by atoms with Gasteiger partial charge < -0.3 is 10.1 Å². The van der Waals surface area contributed by atoms with Crippen LogP contribution in [0.1, 0.15) is 58.8 Å². The molecule has 0 aliphatic heterocycles. The van der Waals surface area contributed by atoms with Gasteiger partial charge in [-0.1, -0.05) is 32.6 Å². The van der Waals surface area contributed by atoms with Gasteiger partial charge in [-0.15, -0.1) is 0 Å². The van der Waals surface area contributed by atoms with Crippen LogP contribution in [0.4, 0.5) is 0 Å². The molecule has 2 nitrogen and oxygen atoms in total. The number of ether oxygens (including phenoxy) is 1. The van der Waals surface area contributed by atoms with E-state index in [9.17, 15) is 0 Å². The Kier molecular flexibility index (Phi) is 7.06. The van der Waals surface area contributed by atoms with Crippen LogP contribution in [0.3, 0.4) is 0 Å². The van der Waals surface area contributed by atoms with Crippen molar-refractivity contribution in [1.82, 2.24) is 5.32 Å². The summed E-state index contributed by atoms with van der Waals surface area (Å²) in [6, 6.07) is 0.569. The van der Waals surface area contributed by atoms with Crippen molar-refractivity contribution in [3.63, 3.8) is 0 Å². The highest BCUT2D eigenvalue weighted by molar-refractivity contribution is 4.78. The lowest BCUT2D eigenvalue weighted by Gasteiger charge is -2.30. The van der Waals surface area contributed by atoms with E-state index in [2.05, 4.69) is 26.2 Å². The second kappa shape index (κ2) is 8.08. The SMILES string of the molecule is CCCC(C)OCC(NC)C1CCCCC1. The molecule has 0 bridgehead atoms. The summed E-state index contributed by atoms with van der Waals surface area (Å²) < 4.78 is 5.93. The van der Waals surface area contributed by atoms with Crippen LogP contribution in [0.25, 0.3) is 0 Å². The summed E-state index contributed by atoms with van der Waals surface area (Å²) in [4.78, 5) is 0. The van der Waals surface area contributed by atoms with Gasteiger partial charge in [-0.05, 0) is 39.2 Å². The molecule has 1 fully saturated rings. The monoisotopic (exact) mass is 227 g/mol. The zero-order valence-corrected chi connectivity index (χ0v) is 11.3. The molecule has 96 valence electrons. The molecule has 16 heavy (non-hydrogen) atoms. The fourth-order valence-corrected chi connectivity index (χ4v) is 2.75. The lowest BCUT2D eigenvalue weighted by Crippen LogP contribution is -2.39. The van der Waals surface area contributed by atoms with Gasteiger partial charge in [-0.25, -0.2) is 0 Å². The topological polar surface area (TPSA) is 21.3 Å². The van der Waals surface area contributed by atoms with Crippen LogP contribution in [-0.4, -0.2) is 25.8 Å². The number of likely N-dealkylation sites (N-methyl/N-ethyl adjacent to an activating group) is 1. The quantitative estimate of drug-likeness (QED) is 0.720. The summed E-state index contributed by atoms with van der Waals surface area (Å²) in [6.45, 7) is 5.30. The fraction of sp³-hybridized carbons (Fsp3) is 1.00. The summed E-state index contributed by atoms with van der Waals surface area (Å²) in [7, 11) is 2.08. The highest BCUT2D eigenvalue weighted by Crippen LogP contribution is 2.26. The van der Waals surface area contributed by atoms with Crippen molar-refractivity contribution in [2.45, 2.75) is 70.9 Å². The maximum Gasteiger partial charge on any atom is 0.0625 e. The minimum atomic E-state index is 0.421. The summed E-state index contributed by atoms with van der Waals surface area (Å²) in [5, 5.41) is 3.44. The molecule has 0 saturated heterocycles. The van der Waals surface area contributed by atoms with Crippen molar-refractivity contribution in [3.8, 4) is 0 Å². The average molecular weight is 227 g/mol. The molecule has 0 spiro atoms. The van der Waals surface area contributed by atoms with Gasteiger partial charge in [0.2, 0.25) is 0 Å². The molecule has 2 unspecified atom stereocenters. The molecular weight excluding hydrogens is 198 g/mol. The third kappa shape index (κ3) is 4.84. The number of rotatable bonds is 7. The van der Waals surface area contributed by atoms with Crippen LogP contribution in [0.2, 0.25) is 0 Å². The molecule has 0 aromatic heterocycles. The lowest BCUT2D eigenvalue weighted by atomic mass is 9.84. The van der Waals surface area contributed by atoms with Gasteiger partial charge >= 0.3 is 0 Å². The van der Waals surface area contributed by atoms with E-state index in [0.29, 0.717) is 12.1 Å². The van der Waals surface area contributed by atoms with Crippen LogP contribution in [0, 0.1) is 5.92 Å². The number of hydrogen-bond acceptors (Lipinski definition) is 2. The minimum Gasteiger partial charge on any atom is -0.377 e. The molecule has 0 radical (unpaired) electrons. The first kappa shape index (κ1) is 14.0. The van der Waals surface area contributed by atoms with Crippen molar-refractivity contribution < 1.29 is 4.74 Å². The Morgan fingerprint density at radius 2 is 1.94 bits per heavy atom. The van der Waals surface area contributed by atoms with Gasteiger partial charge in [0.1, 0.15) is 0 Å². The van der Waals surface area contributed by atoms with E-state index in [1.165, 1.54) is 44.9 Å². The van der Waals surface area contributed by atoms with Crippen LogP contribution < -0.4 is 5.32 Å². The molecule has 1 N–H and O–H groups in total. The smallest absolute Gasteiger partial charge is 0.0625 e. The van der Waals surface area contributed by atoms with E-state index >= 15 is 0 Å². The largest absolute Gasteiger partial charge is 0.377 e. The third-order valence-electron chi connectivity index (χ3n) is 3.85. The number of nitrogens with one attached hydrogen (secondary N) is 1. The Bertz CT molecular complexity index is 166. The van der Waals surface area contributed by atoms with E-state index in [-0.39, 0.29) is 0 Å². The predicted octanol–water partition coefficient (Wildman–Crippen LogP) is 3.36. The van der Waals surface area contributed by atoms with Gasteiger partial charge in [-0.2, -0.15) is 0 Å². The first-order valence-corrected chi connectivity index (χ1v) is 7.06. The van der Waals surface area contributed by atoms with Crippen LogP contribution in [0.5, 0.6) is 0 Å². The Morgan fingerprint density at radius 3 is 2.50 bits per heavy atom. The van der Waals surface area contributed by atoms with E-state index < -0.39 is 0 Å². The van der Waals surface area contributed by atoms with Crippen molar-refractivity contribution in [1.29, 1.82) is 0 Å². The Hall–Kier alpha value is -0.0800. The summed E-state index contributed by atoms with van der Waals surface area (Å²) in [5.41, 5.74) is 0. The highest BCUT2D eigenvalue weighted by Gasteiger charge is 2.22. The fourth-order valence-electron chi connectivity index (χ4n) is 2.75. The van der Waals surface area contributed by atoms with Crippen molar-refractivity contribution in [2.75, 3.05) is 13.7 Å². The second-order valence-electron chi connectivity index (χ2n) is 5.23. The number of hydrogen-bond donors (Lipinski definition) is 1. The Balaban J connectivity index is 2.24. The van der Waals surface area contributed by atoms with Crippen LogP contribution in [0.15, 0.2) is 0 Å². The first-order chi connectivity index (χ1) is 7.77. The van der Waals surface area contributed by atoms with E-state index in [4.69, 9.17) is 4.74 Å². The molecule has 0 amide bonds. The van der Waals surface area contributed by atoms with Crippen molar-refractivity contribution >= 4 is 0 Å². The van der Waals surface area contributed by atoms with Gasteiger partial charge in [0, 0.05) is 6.04 Å². The molecule has 1 saturated carbocycles. The zero-order valence-electron chi connectivity index (χ0n) is 11.3. The predicted molar refractivity (Wildman–Crippen MR) is 69.7 cm³/mol. The van der Waals surface area contributed by atoms with Gasteiger partial charge in [-0.3, -0.25) is 0 Å². The molecule has 1 aliphatic carbocycles. The van der Waals surface area contributed by atoms with E-state index in [1.807, 2.05) is 0 Å². The summed E-state index contributed by atoms with van der Waals surface area (Å²) in [6.07, 6.45) is 9.84. The average Bonchev–Trinajstić information content (AvgIpc) is 2.31. The van der Waals surface area contributed by atoms with Gasteiger partial charge in [0.05, 0.1) is 12.7 Å².